The number of amidine groups is 1. The third-order valence-corrected chi connectivity index (χ3v) is 7.40. The number of benzene rings is 1. The van der Waals surface area contributed by atoms with E-state index in [1.54, 1.807) is 6.92 Å². The molecule has 10 nitrogen and oxygen atoms in total. The Hall–Kier alpha value is -4.07. The van der Waals surface area contributed by atoms with Crippen LogP contribution in [0.5, 0.6) is 0 Å². The van der Waals surface area contributed by atoms with Crippen LogP contribution in [0.4, 0.5) is 13.2 Å². The number of amides is 2. The number of nitrogens with one attached hydrogen (secondary N) is 2. The van der Waals surface area contributed by atoms with E-state index in [-0.39, 0.29) is 24.4 Å². The molecular formula is C25H29F3N4O6S. The van der Waals surface area contributed by atoms with E-state index in [0.29, 0.717) is 28.2 Å². The molecular weight excluding hydrogens is 541 g/mol. The van der Waals surface area contributed by atoms with Gasteiger partial charge in [0.1, 0.15) is 22.6 Å². The van der Waals surface area contributed by atoms with E-state index < -0.39 is 39.3 Å². The first-order chi connectivity index (χ1) is 18.1. The van der Waals surface area contributed by atoms with Crippen molar-refractivity contribution in [3.63, 3.8) is 0 Å². The number of ether oxygens (including phenoxy) is 2. The second-order valence-corrected chi connectivity index (χ2v) is 10.2. The monoisotopic (exact) mass is 570 g/mol. The first-order valence-corrected chi connectivity index (χ1v) is 12.8. The number of hydrogen-bond acceptors (Lipinski definition) is 7. The Bertz CT molecular complexity index is 1330. The van der Waals surface area contributed by atoms with Crippen LogP contribution in [0.3, 0.4) is 0 Å². The minimum absolute atomic E-state index is 0.00784. The van der Waals surface area contributed by atoms with Crippen molar-refractivity contribution in [2.24, 2.45) is 10.7 Å². The number of allylic oxidation sites excluding steroid dienone is 3. The molecule has 2 rings (SSSR count). The van der Waals surface area contributed by atoms with E-state index in [1.807, 2.05) is 10.0 Å². The van der Waals surface area contributed by atoms with Gasteiger partial charge in [-0.3, -0.25) is 14.3 Å². The zero-order valence-electron chi connectivity index (χ0n) is 21.5. The molecule has 2 unspecified atom stereocenters. The third-order valence-electron chi connectivity index (χ3n) is 5.70. The van der Waals surface area contributed by atoms with Crippen molar-refractivity contribution in [2.75, 3.05) is 14.2 Å². The second-order valence-electron chi connectivity index (χ2n) is 8.34. The van der Waals surface area contributed by atoms with Crippen LogP contribution < -0.4 is 15.8 Å². The number of methoxy groups -OCH3 is 2. The lowest BCUT2D eigenvalue weighted by atomic mass is 10.0. The molecule has 39 heavy (non-hydrogen) atoms. The molecule has 0 radical (unpaired) electrons. The molecule has 1 aromatic rings. The highest BCUT2D eigenvalue weighted by Crippen LogP contribution is 2.30. The maximum absolute atomic E-state index is 13.0. The van der Waals surface area contributed by atoms with Crippen molar-refractivity contribution in [3.05, 3.63) is 83.5 Å². The summed E-state index contributed by atoms with van der Waals surface area (Å²) < 4.78 is 75.7. The van der Waals surface area contributed by atoms with Crippen molar-refractivity contribution in [3.8, 4) is 0 Å². The number of carbonyl (C=O) groups excluding carboxylic acids is 2. The number of aliphatic imine (C=N–C) groups is 1. The molecule has 1 aromatic carbocycles. The Morgan fingerprint density at radius 3 is 2.36 bits per heavy atom. The Kier molecular flexibility index (Phi) is 10.1. The minimum Gasteiger partial charge on any atom is -0.501 e. The smallest absolute Gasteiger partial charge is 0.471 e. The maximum atomic E-state index is 13.0. The average Bonchev–Trinajstić information content (AvgIpc) is 3.15. The molecule has 2 atom stereocenters. The predicted octanol–water partition coefficient (Wildman–Crippen LogP) is 2.67. The highest BCUT2D eigenvalue weighted by Gasteiger charge is 2.40. The summed E-state index contributed by atoms with van der Waals surface area (Å²) in [4.78, 5) is 27.4. The molecule has 1 fully saturated rings. The fourth-order valence-electron chi connectivity index (χ4n) is 3.56. The van der Waals surface area contributed by atoms with Crippen molar-refractivity contribution in [2.45, 2.75) is 37.2 Å². The summed E-state index contributed by atoms with van der Waals surface area (Å²) in [5.41, 5.74) is 7.10. The number of sulfonamides is 1. The summed E-state index contributed by atoms with van der Waals surface area (Å²) >= 11 is 0. The average molecular weight is 571 g/mol. The molecule has 0 spiro atoms. The first-order valence-electron chi connectivity index (χ1n) is 11.3. The summed E-state index contributed by atoms with van der Waals surface area (Å²) in [5.74, 6) is -2.59. The number of halogens is 3. The minimum atomic E-state index is -5.19. The molecule has 0 aliphatic carbocycles. The van der Waals surface area contributed by atoms with Gasteiger partial charge in [-0.15, -0.1) is 0 Å². The molecule has 0 saturated carbocycles. The SMILES string of the molecule is C=C/C(=C\C(C(=C)N=C(N)C(Cc1ccc(C2CC(=O)NS2(=O)=O)cc1)NC(=O)C(F)(F)F)=C(/C)OC)OC. The zero-order valence-corrected chi connectivity index (χ0v) is 22.3. The Labute approximate surface area is 224 Å². The topological polar surface area (TPSA) is 149 Å². The van der Waals surface area contributed by atoms with Gasteiger partial charge in [0.2, 0.25) is 15.9 Å². The number of nitrogens with two attached hydrogens (primary N) is 1. The van der Waals surface area contributed by atoms with E-state index in [9.17, 15) is 31.2 Å². The van der Waals surface area contributed by atoms with Crippen molar-refractivity contribution < 1.29 is 40.7 Å². The number of alkyl halides is 3. The van der Waals surface area contributed by atoms with Gasteiger partial charge in [-0.2, -0.15) is 13.2 Å². The first kappa shape index (κ1) is 31.1. The zero-order chi connectivity index (χ0) is 29.5. The van der Waals surface area contributed by atoms with E-state index in [4.69, 9.17) is 15.2 Å². The van der Waals surface area contributed by atoms with Crippen molar-refractivity contribution in [1.82, 2.24) is 10.0 Å². The van der Waals surface area contributed by atoms with Gasteiger partial charge in [0, 0.05) is 5.57 Å². The lowest BCUT2D eigenvalue weighted by molar-refractivity contribution is -0.173. The number of carbonyl (C=O) groups is 2. The van der Waals surface area contributed by atoms with Gasteiger partial charge in [0.15, 0.2) is 0 Å². The molecule has 0 bridgehead atoms. The van der Waals surface area contributed by atoms with Crippen molar-refractivity contribution >= 4 is 27.7 Å². The maximum Gasteiger partial charge on any atom is 0.471 e. The van der Waals surface area contributed by atoms with Gasteiger partial charge in [0.05, 0.1) is 32.4 Å². The fraction of sp³-hybridized carbons (Fsp3) is 0.320. The summed E-state index contributed by atoms with van der Waals surface area (Å²) in [6, 6.07) is 4.36. The number of nitrogens with zero attached hydrogens (tertiary/aromatic N) is 1. The fourth-order valence-corrected chi connectivity index (χ4v) is 4.98. The Morgan fingerprint density at radius 1 is 1.28 bits per heavy atom. The summed E-state index contributed by atoms with van der Waals surface area (Å²) in [6.45, 7) is 9.02. The van der Waals surface area contributed by atoms with E-state index in [2.05, 4.69) is 18.2 Å². The lowest BCUT2D eigenvalue weighted by Gasteiger charge is -2.20. The molecule has 1 aliphatic heterocycles. The van der Waals surface area contributed by atoms with Crippen LogP contribution >= 0.6 is 0 Å². The highest BCUT2D eigenvalue weighted by molar-refractivity contribution is 7.90. The van der Waals surface area contributed by atoms with Gasteiger partial charge < -0.3 is 20.5 Å². The second kappa shape index (κ2) is 12.7. The van der Waals surface area contributed by atoms with Gasteiger partial charge >= 0.3 is 12.1 Å². The normalized spacial score (nSPS) is 18.9. The van der Waals surface area contributed by atoms with Crippen LogP contribution in [-0.4, -0.2) is 52.5 Å². The molecule has 4 N–H and O–H groups in total. The molecule has 1 aliphatic rings. The van der Waals surface area contributed by atoms with Crippen molar-refractivity contribution in [1.29, 1.82) is 0 Å². The Balaban J connectivity index is 2.41. The molecule has 1 heterocycles. The quantitative estimate of drug-likeness (QED) is 0.160. The van der Waals surface area contributed by atoms with Gasteiger partial charge in [-0.1, -0.05) is 37.4 Å². The van der Waals surface area contributed by atoms with Crippen LogP contribution in [-0.2, 0) is 35.5 Å². The molecule has 14 heteroatoms. The molecule has 212 valence electrons. The van der Waals surface area contributed by atoms with Crippen LogP contribution in [0.2, 0.25) is 0 Å². The van der Waals surface area contributed by atoms with Crippen LogP contribution in [0.25, 0.3) is 0 Å². The molecule has 2 amide bonds. The summed E-state index contributed by atoms with van der Waals surface area (Å²) in [6.07, 6.45) is -2.78. The molecule has 0 aromatic heterocycles. The number of hydrogen-bond donors (Lipinski definition) is 3. The third kappa shape index (κ3) is 8.21. The number of rotatable bonds is 11. The van der Waals surface area contributed by atoms with Crippen LogP contribution in [0.1, 0.15) is 29.7 Å². The largest absolute Gasteiger partial charge is 0.501 e. The Morgan fingerprint density at radius 2 is 1.90 bits per heavy atom. The van der Waals surface area contributed by atoms with Gasteiger partial charge in [0.25, 0.3) is 0 Å². The van der Waals surface area contributed by atoms with Crippen LogP contribution in [0, 0.1) is 0 Å². The summed E-state index contributed by atoms with van der Waals surface area (Å²) in [5, 5.41) is 0.737. The van der Waals surface area contributed by atoms with Gasteiger partial charge in [-0.25, -0.2) is 13.4 Å². The lowest BCUT2D eigenvalue weighted by Crippen LogP contribution is -2.50. The summed E-state index contributed by atoms with van der Waals surface area (Å²) in [7, 11) is -1.09. The van der Waals surface area contributed by atoms with E-state index in [0.717, 1.165) is 0 Å². The van der Waals surface area contributed by atoms with E-state index >= 15 is 0 Å². The predicted molar refractivity (Wildman–Crippen MR) is 138 cm³/mol. The van der Waals surface area contributed by atoms with Gasteiger partial charge in [-0.05, 0) is 36.6 Å². The standard InChI is InChI=1S/C25H29F3N4O6S/c1-6-18(38-5)12-19(15(3)37-4)14(2)30-23(29)20(31-24(34)25(26,27)28)11-16-7-9-17(10-8-16)21-13-22(33)32-39(21,35)36/h6-10,12,20-21H,1-2,11,13H2,3-5H3,(H2,29,30)(H,31,34)(H,32,33)/b18-12+,19-15-. The van der Waals surface area contributed by atoms with E-state index in [1.165, 1.54) is 50.6 Å². The molecule has 1 saturated heterocycles. The highest BCUT2D eigenvalue weighted by atomic mass is 32.2. The van der Waals surface area contributed by atoms with Crippen LogP contribution in [0.15, 0.2) is 77.4 Å².